The Hall–Kier alpha value is -1.93. The number of aromatic nitrogens is 1. The molecule has 1 rings (SSSR count). The molecule has 5 heteroatoms. The van der Waals surface area contributed by atoms with Crippen molar-refractivity contribution in [3.05, 3.63) is 34.0 Å². The number of nitro groups is 1. The quantitative estimate of drug-likeness (QED) is 0.345. The van der Waals surface area contributed by atoms with Crippen molar-refractivity contribution in [2.24, 2.45) is 0 Å². The highest BCUT2D eigenvalue weighted by Crippen LogP contribution is 2.06. The maximum Gasteiger partial charge on any atom is 0.363 e. The summed E-state index contributed by atoms with van der Waals surface area (Å²) in [5.41, 5.74) is 0.691. The lowest BCUT2D eigenvalue weighted by Gasteiger charge is -1.90. The molecule has 0 bridgehead atoms. The van der Waals surface area contributed by atoms with Crippen LogP contribution in [0.1, 0.15) is 12.0 Å². The van der Waals surface area contributed by atoms with Crippen molar-refractivity contribution in [2.75, 3.05) is 13.6 Å². The second-order valence-electron chi connectivity index (χ2n) is 2.82. The molecule has 0 unspecified atom stereocenters. The summed E-state index contributed by atoms with van der Waals surface area (Å²) in [6.45, 7) is 0.827. The summed E-state index contributed by atoms with van der Waals surface area (Å²) in [5, 5.41) is 13.3. The predicted molar refractivity (Wildman–Crippen MR) is 56.3 cm³/mol. The molecule has 1 aromatic rings. The lowest BCUT2D eigenvalue weighted by atomic mass is 10.3. The van der Waals surface area contributed by atoms with Crippen LogP contribution in [0.3, 0.4) is 0 Å². The Labute approximate surface area is 87.7 Å². The van der Waals surface area contributed by atoms with E-state index in [9.17, 15) is 10.1 Å². The summed E-state index contributed by atoms with van der Waals surface area (Å²) < 4.78 is 0. The Morgan fingerprint density at radius 1 is 1.60 bits per heavy atom. The molecule has 1 N–H and O–H groups in total. The summed E-state index contributed by atoms with van der Waals surface area (Å²) >= 11 is 0. The molecule has 78 valence electrons. The monoisotopic (exact) mass is 205 g/mol. The van der Waals surface area contributed by atoms with Crippen LogP contribution in [0.2, 0.25) is 0 Å². The van der Waals surface area contributed by atoms with Crippen LogP contribution < -0.4 is 5.32 Å². The fraction of sp³-hybridized carbons (Fsp3) is 0.300. The maximum absolute atomic E-state index is 10.3. The van der Waals surface area contributed by atoms with Gasteiger partial charge in [0.15, 0.2) is 6.20 Å². The van der Waals surface area contributed by atoms with Crippen molar-refractivity contribution < 1.29 is 4.92 Å². The molecule has 1 heterocycles. The second kappa shape index (κ2) is 5.73. The minimum absolute atomic E-state index is 0.157. The van der Waals surface area contributed by atoms with Crippen molar-refractivity contribution in [2.45, 2.75) is 6.42 Å². The fourth-order valence-electron chi connectivity index (χ4n) is 0.920. The van der Waals surface area contributed by atoms with E-state index in [1.165, 1.54) is 12.3 Å². The van der Waals surface area contributed by atoms with E-state index in [1.807, 2.05) is 7.05 Å². The van der Waals surface area contributed by atoms with Gasteiger partial charge in [-0.1, -0.05) is 11.8 Å². The average molecular weight is 205 g/mol. The first-order valence-electron chi connectivity index (χ1n) is 4.48. The first-order chi connectivity index (χ1) is 7.24. The molecular formula is C10H11N3O2. The molecule has 0 fully saturated rings. The SMILES string of the molecule is CNCCC#Cc1ccc([N+](=O)[O-])nc1. The van der Waals surface area contributed by atoms with E-state index < -0.39 is 4.92 Å². The second-order valence-corrected chi connectivity index (χ2v) is 2.82. The summed E-state index contributed by atoms with van der Waals surface area (Å²) in [6.07, 6.45) is 2.15. The highest BCUT2D eigenvalue weighted by Gasteiger charge is 2.04. The minimum Gasteiger partial charge on any atom is -0.358 e. The molecule has 0 radical (unpaired) electrons. The van der Waals surface area contributed by atoms with Crippen molar-refractivity contribution in [3.63, 3.8) is 0 Å². The molecule has 0 amide bonds. The first kappa shape index (κ1) is 11.1. The number of nitrogens with zero attached hydrogens (tertiary/aromatic N) is 2. The largest absolute Gasteiger partial charge is 0.363 e. The van der Waals surface area contributed by atoms with E-state index in [-0.39, 0.29) is 5.82 Å². The molecule has 0 aliphatic heterocycles. The van der Waals surface area contributed by atoms with E-state index in [0.29, 0.717) is 5.56 Å². The topological polar surface area (TPSA) is 68.1 Å². The lowest BCUT2D eigenvalue weighted by molar-refractivity contribution is -0.389. The van der Waals surface area contributed by atoms with Crippen LogP contribution in [0.25, 0.3) is 0 Å². The zero-order valence-electron chi connectivity index (χ0n) is 8.36. The van der Waals surface area contributed by atoms with Crippen LogP contribution in [-0.4, -0.2) is 23.5 Å². The smallest absolute Gasteiger partial charge is 0.358 e. The van der Waals surface area contributed by atoms with Crippen LogP contribution in [0.5, 0.6) is 0 Å². The molecule has 1 aromatic heterocycles. The minimum atomic E-state index is -0.530. The summed E-state index contributed by atoms with van der Waals surface area (Å²) in [5.74, 6) is 5.64. The average Bonchev–Trinajstić information content (AvgIpc) is 2.25. The van der Waals surface area contributed by atoms with Gasteiger partial charge in [-0.3, -0.25) is 0 Å². The van der Waals surface area contributed by atoms with Gasteiger partial charge in [-0.05, 0) is 23.0 Å². The molecule has 0 spiro atoms. The van der Waals surface area contributed by atoms with E-state index in [1.54, 1.807) is 6.07 Å². The lowest BCUT2D eigenvalue weighted by Crippen LogP contribution is -2.05. The third kappa shape index (κ3) is 3.75. The number of pyridine rings is 1. The van der Waals surface area contributed by atoms with E-state index in [0.717, 1.165) is 13.0 Å². The van der Waals surface area contributed by atoms with Crippen LogP contribution >= 0.6 is 0 Å². The molecule has 0 aliphatic rings. The van der Waals surface area contributed by atoms with Gasteiger partial charge in [-0.25, -0.2) is 0 Å². The Kier molecular flexibility index (Phi) is 4.26. The zero-order valence-corrected chi connectivity index (χ0v) is 8.36. The summed E-state index contributed by atoms with van der Waals surface area (Å²) in [6, 6.07) is 2.94. The Balaban J connectivity index is 2.63. The molecule has 5 nitrogen and oxygen atoms in total. The number of hydrogen-bond acceptors (Lipinski definition) is 4. The van der Waals surface area contributed by atoms with Gasteiger partial charge in [0, 0.05) is 19.0 Å². The number of nitrogens with one attached hydrogen (secondary N) is 1. The molecule has 0 atom stereocenters. The van der Waals surface area contributed by atoms with E-state index in [2.05, 4.69) is 22.1 Å². The van der Waals surface area contributed by atoms with Crippen molar-refractivity contribution in [3.8, 4) is 11.8 Å². The Bertz CT molecular complexity index is 389. The van der Waals surface area contributed by atoms with Crippen molar-refractivity contribution in [1.82, 2.24) is 10.3 Å². The first-order valence-corrected chi connectivity index (χ1v) is 4.48. The summed E-state index contributed by atoms with van der Waals surface area (Å²) in [7, 11) is 1.86. The van der Waals surface area contributed by atoms with Gasteiger partial charge in [-0.15, -0.1) is 0 Å². The van der Waals surface area contributed by atoms with Gasteiger partial charge < -0.3 is 15.4 Å². The van der Waals surface area contributed by atoms with Gasteiger partial charge in [0.2, 0.25) is 0 Å². The van der Waals surface area contributed by atoms with Crippen LogP contribution in [-0.2, 0) is 0 Å². The van der Waals surface area contributed by atoms with Gasteiger partial charge in [0.05, 0.1) is 5.56 Å². The predicted octanol–water partition coefficient (Wildman–Crippen LogP) is 0.951. The Morgan fingerprint density at radius 2 is 2.40 bits per heavy atom. The van der Waals surface area contributed by atoms with Gasteiger partial charge in [-0.2, -0.15) is 0 Å². The summed E-state index contributed by atoms with van der Waals surface area (Å²) in [4.78, 5) is 13.4. The number of hydrogen-bond donors (Lipinski definition) is 1. The molecule has 0 saturated heterocycles. The fourth-order valence-corrected chi connectivity index (χ4v) is 0.920. The highest BCUT2D eigenvalue weighted by molar-refractivity contribution is 5.35. The maximum atomic E-state index is 10.3. The van der Waals surface area contributed by atoms with E-state index in [4.69, 9.17) is 0 Å². The highest BCUT2D eigenvalue weighted by atomic mass is 16.6. The Morgan fingerprint density at radius 3 is 2.93 bits per heavy atom. The molecule has 0 aliphatic carbocycles. The van der Waals surface area contributed by atoms with Gasteiger partial charge >= 0.3 is 5.82 Å². The zero-order chi connectivity index (χ0) is 11.1. The third-order valence-corrected chi connectivity index (χ3v) is 1.67. The van der Waals surface area contributed by atoms with Crippen molar-refractivity contribution >= 4 is 5.82 Å². The molecule has 15 heavy (non-hydrogen) atoms. The van der Waals surface area contributed by atoms with E-state index >= 15 is 0 Å². The number of rotatable bonds is 3. The standard InChI is InChI=1S/C10H11N3O2/c1-11-7-3-2-4-9-5-6-10(12-8-9)13(14)15/h5-6,8,11H,3,7H2,1H3. The third-order valence-electron chi connectivity index (χ3n) is 1.67. The van der Waals surface area contributed by atoms with Crippen LogP contribution in [0.4, 0.5) is 5.82 Å². The van der Waals surface area contributed by atoms with Gasteiger partial charge in [0.25, 0.3) is 0 Å². The molecule has 0 aromatic carbocycles. The van der Waals surface area contributed by atoms with Crippen LogP contribution in [0, 0.1) is 22.0 Å². The van der Waals surface area contributed by atoms with Crippen LogP contribution in [0.15, 0.2) is 18.3 Å². The van der Waals surface area contributed by atoms with Gasteiger partial charge in [0.1, 0.15) is 0 Å². The van der Waals surface area contributed by atoms with Crippen molar-refractivity contribution in [1.29, 1.82) is 0 Å². The normalized spacial score (nSPS) is 9.13. The molecular weight excluding hydrogens is 194 g/mol. The molecule has 0 saturated carbocycles.